The molecular formula is C16H24N4. The lowest BCUT2D eigenvalue weighted by Gasteiger charge is -2.29. The van der Waals surface area contributed by atoms with Crippen molar-refractivity contribution in [1.82, 2.24) is 20.2 Å². The summed E-state index contributed by atoms with van der Waals surface area (Å²) < 4.78 is 0. The third-order valence-electron chi connectivity index (χ3n) is 4.37. The third kappa shape index (κ3) is 3.02. The van der Waals surface area contributed by atoms with Gasteiger partial charge in [0.05, 0.1) is 17.1 Å². The van der Waals surface area contributed by atoms with Gasteiger partial charge in [0.15, 0.2) is 0 Å². The number of nitrogens with one attached hydrogen (secondary N) is 2. The van der Waals surface area contributed by atoms with Gasteiger partial charge in [0.25, 0.3) is 0 Å². The summed E-state index contributed by atoms with van der Waals surface area (Å²) in [4.78, 5) is 10.5. The van der Waals surface area contributed by atoms with E-state index in [0.717, 1.165) is 29.3 Å². The Labute approximate surface area is 120 Å². The van der Waals surface area contributed by atoms with E-state index in [1.54, 1.807) is 0 Å². The van der Waals surface area contributed by atoms with E-state index in [2.05, 4.69) is 46.3 Å². The number of aromatic amines is 1. The van der Waals surface area contributed by atoms with E-state index < -0.39 is 0 Å². The number of H-pyrrole nitrogens is 1. The minimum Gasteiger partial charge on any atom is -0.341 e. The molecule has 2 aromatic rings. The molecule has 2 N–H and O–H groups in total. The van der Waals surface area contributed by atoms with Crippen LogP contribution in [0.2, 0.25) is 0 Å². The van der Waals surface area contributed by atoms with Gasteiger partial charge < -0.3 is 15.2 Å². The Morgan fingerprint density at radius 1 is 1.35 bits per heavy atom. The zero-order chi connectivity index (χ0) is 13.9. The molecule has 1 aliphatic rings. The highest BCUT2D eigenvalue weighted by atomic mass is 15.1. The molecular weight excluding hydrogens is 248 g/mol. The van der Waals surface area contributed by atoms with Crippen LogP contribution >= 0.6 is 0 Å². The number of fused-ring (bicyclic) bond motifs is 1. The summed E-state index contributed by atoms with van der Waals surface area (Å²) in [5.74, 6) is 1.84. The van der Waals surface area contributed by atoms with Gasteiger partial charge in [0.2, 0.25) is 0 Å². The Hall–Kier alpha value is -1.39. The number of piperidine rings is 1. The molecule has 108 valence electrons. The van der Waals surface area contributed by atoms with Crippen LogP contribution in [0.5, 0.6) is 0 Å². The summed E-state index contributed by atoms with van der Waals surface area (Å²) in [5.41, 5.74) is 2.17. The molecule has 1 saturated heterocycles. The summed E-state index contributed by atoms with van der Waals surface area (Å²) in [6.07, 6.45) is 2.60. The molecule has 1 fully saturated rings. The highest BCUT2D eigenvalue weighted by molar-refractivity contribution is 5.74. The van der Waals surface area contributed by atoms with Crippen LogP contribution in [0.15, 0.2) is 24.3 Å². The van der Waals surface area contributed by atoms with E-state index in [9.17, 15) is 0 Å². The van der Waals surface area contributed by atoms with Gasteiger partial charge in [-0.15, -0.1) is 0 Å². The van der Waals surface area contributed by atoms with Gasteiger partial charge in [0.1, 0.15) is 5.82 Å². The van der Waals surface area contributed by atoms with Crippen LogP contribution in [0.1, 0.15) is 31.6 Å². The first-order valence-electron chi connectivity index (χ1n) is 7.59. The van der Waals surface area contributed by atoms with Crippen molar-refractivity contribution in [1.29, 1.82) is 0 Å². The van der Waals surface area contributed by atoms with Crippen molar-refractivity contribution < 1.29 is 0 Å². The van der Waals surface area contributed by atoms with Crippen LogP contribution in [0.3, 0.4) is 0 Å². The number of imidazole rings is 1. The molecule has 0 aliphatic carbocycles. The van der Waals surface area contributed by atoms with Crippen molar-refractivity contribution in [3.63, 3.8) is 0 Å². The fraction of sp³-hybridized carbons (Fsp3) is 0.562. The number of nitrogens with zero attached hydrogens (tertiary/aromatic N) is 2. The topological polar surface area (TPSA) is 44.0 Å². The predicted molar refractivity (Wildman–Crippen MR) is 82.7 cm³/mol. The van der Waals surface area contributed by atoms with Crippen molar-refractivity contribution in [3.05, 3.63) is 30.1 Å². The average Bonchev–Trinajstić information content (AvgIpc) is 2.90. The van der Waals surface area contributed by atoms with Gasteiger partial charge in [-0.3, -0.25) is 0 Å². The number of likely N-dealkylation sites (tertiary alicyclic amines) is 1. The SMILES string of the molecule is CC(NCC1CCN(C)CC1)c1nc2ccccc2[nH]1. The maximum atomic E-state index is 4.66. The van der Waals surface area contributed by atoms with Crippen LogP contribution in [0.4, 0.5) is 0 Å². The van der Waals surface area contributed by atoms with Crippen LogP contribution in [-0.4, -0.2) is 41.5 Å². The number of aromatic nitrogens is 2. The molecule has 4 heteroatoms. The van der Waals surface area contributed by atoms with Crippen molar-refractivity contribution in [2.24, 2.45) is 5.92 Å². The van der Waals surface area contributed by atoms with Crippen LogP contribution in [0.25, 0.3) is 11.0 Å². The summed E-state index contributed by atoms with van der Waals surface area (Å²) in [6, 6.07) is 8.49. The van der Waals surface area contributed by atoms with E-state index in [1.165, 1.54) is 25.9 Å². The fourth-order valence-corrected chi connectivity index (χ4v) is 2.88. The second-order valence-corrected chi connectivity index (χ2v) is 6.02. The molecule has 0 radical (unpaired) electrons. The zero-order valence-electron chi connectivity index (χ0n) is 12.4. The summed E-state index contributed by atoms with van der Waals surface area (Å²) >= 11 is 0. The lowest BCUT2D eigenvalue weighted by Crippen LogP contribution is -2.35. The molecule has 1 aromatic heterocycles. The first kappa shape index (κ1) is 13.6. The van der Waals surface area contributed by atoms with Gasteiger partial charge in [-0.05, 0) is 64.5 Å². The lowest BCUT2D eigenvalue weighted by atomic mass is 9.97. The maximum absolute atomic E-state index is 4.66. The number of benzene rings is 1. The summed E-state index contributed by atoms with van der Waals surface area (Å²) in [7, 11) is 2.21. The second-order valence-electron chi connectivity index (χ2n) is 6.02. The van der Waals surface area contributed by atoms with E-state index in [1.807, 2.05) is 12.1 Å². The largest absolute Gasteiger partial charge is 0.341 e. The van der Waals surface area contributed by atoms with Crippen LogP contribution < -0.4 is 5.32 Å². The molecule has 1 unspecified atom stereocenters. The van der Waals surface area contributed by atoms with Crippen molar-refractivity contribution >= 4 is 11.0 Å². The number of hydrogen-bond acceptors (Lipinski definition) is 3. The van der Waals surface area contributed by atoms with E-state index in [-0.39, 0.29) is 6.04 Å². The van der Waals surface area contributed by atoms with Gasteiger partial charge in [0, 0.05) is 0 Å². The molecule has 0 saturated carbocycles. The van der Waals surface area contributed by atoms with Crippen molar-refractivity contribution in [3.8, 4) is 0 Å². The molecule has 1 aliphatic heterocycles. The monoisotopic (exact) mass is 272 g/mol. The third-order valence-corrected chi connectivity index (χ3v) is 4.37. The minimum absolute atomic E-state index is 0.280. The fourth-order valence-electron chi connectivity index (χ4n) is 2.88. The Bertz CT molecular complexity index is 521. The van der Waals surface area contributed by atoms with Gasteiger partial charge in [-0.2, -0.15) is 0 Å². The number of hydrogen-bond donors (Lipinski definition) is 2. The molecule has 4 nitrogen and oxygen atoms in total. The number of rotatable bonds is 4. The first-order valence-corrected chi connectivity index (χ1v) is 7.59. The summed E-state index contributed by atoms with van der Waals surface area (Å²) in [6.45, 7) is 5.73. The molecule has 0 spiro atoms. The smallest absolute Gasteiger partial charge is 0.124 e. The Morgan fingerprint density at radius 2 is 2.10 bits per heavy atom. The van der Waals surface area contributed by atoms with Crippen LogP contribution in [-0.2, 0) is 0 Å². The lowest BCUT2D eigenvalue weighted by molar-refractivity contribution is 0.213. The molecule has 20 heavy (non-hydrogen) atoms. The molecule has 2 heterocycles. The Morgan fingerprint density at radius 3 is 2.85 bits per heavy atom. The van der Waals surface area contributed by atoms with Crippen molar-refractivity contribution in [2.75, 3.05) is 26.7 Å². The zero-order valence-corrected chi connectivity index (χ0v) is 12.4. The standard InChI is InChI=1S/C16H24N4/c1-12(17-11-13-7-9-20(2)10-8-13)16-18-14-5-3-4-6-15(14)19-16/h3-6,12-13,17H,7-11H2,1-2H3,(H,18,19). The molecule has 1 atom stereocenters. The second kappa shape index (κ2) is 5.94. The normalized spacial score (nSPS) is 19.5. The predicted octanol–water partition coefficient (Wildman–Crippen LogP) is 2.56. The molecule has 0 bridgehead atoms. The quantitative estimate of drug-likeness (QED) is 0.899. The maximum Gasteiger partial charge on any atom is 0.124 e. The molecule has 3 rings (SSSR count). The van der Waals surface area contributed by atoms with Gasteiger partial charge in [-0.1, -0.05) is 12.1 Å². The van der Waals surface area contributed by atoms with Gasteiger partial charge in [-0.25, -0.2) is 4.98 Å². The minimum atomic E-state index is 0.280. The first-order chi connectivity index (χ1) is 9.72. The highest BCUT2D eigenvalue weighted by Crippen LogP contribution is 2.18. The Kier molecular flexibility index (Phi) is 4.03. The molecule has 1 aromatic carbocycles. The highest BCUT2D eigenvalue weighted by Gasteiger charge is 2.18. The van der Waals surface area contributed by atoms with Crippen molar-refractivity contribution in [2.45, 2.75) is 25.8 Å². The van der Waals surface area contributed by atoms with E-state index >= 15 is 0 Å². The van der Waals surface area contributed by atoms with Crippen LogP contribution in [0, 0.1) is 5.92 Å². The molecule has 0 amide bonds. The number of para-hydroxylation sites is 2. The van der Waals surface area contributed by atoms with Gasteiger partial charge >= 0.3 is 0 Å². The van der Waals surface area contributed by atoms with E-state index in [0.29, 0.717) is 0 Å². The average molecular weight is 272 g/mol. The summed E-state index contributed by atoms with van der Waals surface area (Å²) in [5, 5.41) is 3.63. The van der Waals surface area contributed by atoms with E-state index in [4.69, 9.17) is 0 Å². The Balaban J connectivity index is 1.57.